The van der Waals surface area contributed by atoms with Crippen LogP contribution in [-0.4, -0.2) is 24.0 Å². The highest BCUT2D eigenvalue weighted by Gasteiger charge is 2.64. The van der Waals surface area contributed by atoms with Gasteiger partial charge in [0, 0.05) is 40.4 Å². The van der Waals surface area contributed by atoms with E-state index in [1.807, 2.05) is 95.7 Å². The summed E-state index contributed by atoms with van der Waals surface area (Å²) in [6.45, 7) is 0. The topological polar surface area (TPSA) is 84.9 Å². The Hall–Kier alpha value is -4.66. The molecule has 2 aromatic heterocycles. The van der Waals surface area contributed by atoms with Gasteiger partial charge < -0.3 is 19.9 Å². The minimum absolute atomic E-state index is 0.0404. The number of amides is 1. The predicted molar refractivity (Wildman–Crippen MR) is 179 cm³/mol. The summed E-state index contributed by atoms with van der Waals surface area (Å²) < 4.78 is 12.7. The molecule has 0 saturated heterocycles. The largest absolute Gasteiger partial charge is 0.481 e. The molecule has 0 spiro atoms. The Morgan fingerprint density at radius 1 is 0.667 bits per heavy atom. The second-order valence-corrected chi connectivity index (χ2v) is 13.3. The first-order valence-electron chi connectivity index (χ1n) is 14.8. The summed E-state index contributed by atoms with van der Waals surface area (Å²) in [5.41, 5.74) is -1.25. The maximum atomic E-state index is 12.2. The highest BCUT2D eigenvalue weighted by molar-refractivity contribution is 7.10. The number of ether oxygens (including phenoxy) is 2. The van der Waals surface area contributed by atoms with E-state index < -0.39 is 23.1 Å². The summed E-state index contributed by atoms with van der Waals surface area (Å²) in [4.78, 5) is 25.7. The Labute approximate surface area is 268 Å². The van der Waals surface area contributed by atoms with E-state index in [0.717, 1.165) is 49.2 Å². The minimum atomic E-state index is -0.798. The van der Waals surface area contributed by atoms with Gasteiger partial charge in [-0.2, -0.15) is 0 Å². The van der Waals surface area contributed by atoms with Crippen LogP contribution < -0.4 is 14.8 Å². The smallest absolute Gasteiger partial charge is 0.311 e. The molecule has 6 nitrogen and oxygen atoms in total. The molecule has 6 aromatic rings. The van der Waals surface area contributed by atoms with Crippen LogP contribution in [0.4, 0.5) is 0 Å². The van der Waals surface area contributed by atoms with E-state index in [9.17, 15) is 14.7 Å². The number of rotatable bonds is 8. The van der Waals surface area contributed by atoms with Gasteiger partial charge in [0.1, 0.15) is 17.4 Å². The summed E-state index contributed by atoms with van der Waals surface area (Å²) >= 11 is 3.19. The van der Waals surface area contributed by atoms with Crippen LogP contribution in [0.1, 0.15) is 22.6 Å². The van der Waals surface area contributed by atoms with Crippen LogP contribution in [0, 0.1) is 11.8 Å². The molecule has 2 aliphatic carbocycles. The zero-order valence-electron chi connectivity index (χ0n) is 24.5. The van der Waals surface area contributed by atoms with Crippen molar-refractivity contribution in [3.63, 3.8) is 0 Å². The number of carbonyl (C=O) groups excluding carboxylic acids is 1. The van der Waals surface area contributed by atoms with E-state index in [-0.39, 0.29) is 11.8 Å². The van der Waals surface area contributed by atoms with Crippen LogP contribution in [-0.2, 0) is 20.8 Å². The van der Waals surface area contributed by atoms with E-state index in [4.69, 9.17) is 9.47 Å². The molecule has 226 valence electrons. The fourth-order valence-electron chi connectivity index (χ4n) is 6.13. The third kappa shape index (κ3) is 5.34. The quantitative estimate of drug-likeness (QED) is 0.176. The Morgan fingerprint density at radius 2 is 1.13 bits per heavy atom. The van der Waals surface area contributed by atoms with Crippen molar-refractivity contribution in [2.24, 2.45) is 11.8 Å². The predicted octanol–water partition coefficient (Wildman–Crippen LogP) is 8.22. The Balaban J connectivity index is 0.000000145. The molecule has 2 fully saturated rings. The van der Waals surface area contributed by atoms with Crippen LogP contribution in [0.3, 0.4) is 0 Å². The second-order valence-electron chi connectivity index (χ2n) is 11.4. The van der Waals surface area contributed by atoms with Gasteiger partial charge in [-0.3, -0.25) is 9.59 Å². The van der Waals surface area contributed by atoms with E-state index >= 15 is 0 Å². The molecular formula is C37H31NO5S2. The average molecular weight is 634 g/mol. The lowest BCUT2D eigenvalue weighted by Crippen LogP contribution is -2.28. The molecule has 2 heterocycles. The van der Waals surface area contributed by atoms with Crippen LogP contribution >= 0.6 is 22.7 Å². The molecule has 4 atom stereocenters. The molecule has 0 aliphatic heterocycles. The lowest BCUT2D eigenvalue weighted by molar-refractivity contribution is -0.140. The second kappa shape index (κ2) is 11.7. The van der Waals surface area contributed by atoms with E-state index in [0.29, 0.717) is 6.42 Å². The normalized spacial score (nSPS) is 23.0. The monoisotopic (exact) mass is 633 g/mol. The first kappa shape index (κ1) is 29.1. The number of nitrogens with one attached hydrogen (secondary N) is 1. The van der Waals surface area contributed by atoms with E-state index in [2.05, 4.69) is 29.6 Å². The van der Waals surface area contributed by atoms with Crippen LogP contribution in [0.25, 0.3) is 21.5 Å². The third-order valence-corrected chi connectivity index (χ3v) is 10.7. The molecule has 0 radical (unpaired) electrons. The lowest BCUT2D eigenvalue weighted by Gasteiger charge is -2.20. The highest BCUT2D eigenvalue weighted by Crippen LogP contribution is 2.58. The summed E-state index contributed by atoms with van der Waals surface area (Å²) in [5, 5.41) is 20.5. The summed E-state index contributed by atoms with van der Waals surface area (Å²) in [5.74, 6) is 0.209. The van der Waals surface area contributed by atoms with E-state index in [1.165, 1.54) is 0 Å². The number of thiophene rings is 2. The summed E-state index contributed by atoms with van der Waals surface area (Å²) in [6.07, 6.45) is 1.24. The maximum absolute atomic E-state index is 12.2. The Morgan fingerprint density at radius 3 is 1.58 bits per heavy atom. The average Bonchev–Trinajstić information content (AvgIpc) is 3.73. The third-order valence-electron chi connectivity index (χ3n) is 8.64. The highest BCUT2D eigenvalue weighted by atomic mass is 32.1. The van der Waals surface area contributed by atoms with Crippen LogP contribution in [0.15, 0.2) is 120 Å². The van der Waals surface area contributed by atoms with E-state index in [1.54, 1.807) is 29.7 Å². The lowest BCUT2D eigenvalue weighted by atomic mass is 10.1. The molecule has 45 heavy (non-hydrogen) atoms. The zero-order chi connectivity index (χ0) is 31.0. The van der Waals surface area contributed by atoms with Crippen molar-refractivity contribution in [2.75, 3.05) is 7.05 Å². The molecule has 2 aliphatic rings. The van der Waals surface area contributed by atoms with Crippen molar-refractivity contribution >= 4 is 56.1 Å². The number of hydrogen-bond donors (Lipinski definition) is 2. The number of fused-ring (bicyclic) bond motifs is 2. The first-order valence-corrected chi connectivity index (χ1v) is 16.6. The first-order chi connectivity index (χ1) is 21.9. The minimum Gasteiger partial charge on any atom is -0.481 e. The van der Waals surface area contributed by atoms with Crippen LogP contribution in [0.2, 0.25) is 0 Å². The summed E-state index contributed by atoms with van der Waals surface area (Å²) in [7, 11) is 1.68. The van der Waals surface area contributed by atoms with Gasteiger partial charge in [0.25, 0.3) is 0 Å². The number of carboxylic acids is 1. The van der Waals surface area contributed by atoms with Crippen molar-refractivity contribution in [1.29, 1.82) is 0 Å². The molecule has 4 aromatic carbocycles. The molecular weight excluding hydrogens is 603 g/mol. The SMILES string of the molecule is CNC(=O)[C@H]1C[C@@]1(Oc1cccc2ccccc12)c1cccs1.O=C(O)[C@H]1C[C@@]1(Oc1cccc2ccccc12)c1cccs1. The zero-order valence-corrected chi connectivity index (χ0v) is 26.1. The maximum Gasteiger partial charge on any atom is 0.311 e. The number of carboxylic acid groups (broad SMARTS) is 1. The van der Waals surface area contributed by atoms with Gasteiger partial charge in [-0.1, -0.05) is 84.9 Å². The summed E-state index contributed by atoms with van der Waals surface area (Å²) in [6, 6.07) is 36.0. The Kier molecular flexibility index (Phi) is 7.55. The van der Waals surface area contributed by atoms with Gasteiger partial charge in [0.15, 0.2) is 11.2 Å². The van der Waals surface area contributed by atoms with Crippen molar-refractivity contribution in [1.82, 2.24) is 5.32 Å². The van der Waals surface area contributed by atoms with Gasteiger partial charge in [-0.05, 0) is 45.8 Å². The molecule has 8 rings (SSSR count). The van der Waals surface area contributed by atoms with Gasteiger partial charge in [-0.25, -0.2) is 0 Å². The van der Waals surface area contributed by atoms with Crippen molar-refractivity contribution in [3.8, 4) is 11.5 Å². The molecule has 8 heteroatoms. The van der Waals surface area contributed by atoms with Gasteiger partial charge in [0.05, 0.1) is 5.92 Å². The fraction of sp³-hybridized carbons (Fsp3) is 0.189. The molecule has 2 saturated carbocycles. The van der Waals surface area contributed by atoms with Crippen molar-refractivity contribution in [2.45, 2.75) is 24.0 Å². The van der Waals surface area contributed by atoms with Gasteiger partial charge in [0.2, 0.25) is 5.91 Å². The van der Waals surface area contributed by atoms with Gasteiger partial charge >= 0.3 is 5.97 Å². The Bertz CT molecular complexity index is 1980. The number of aliphatic carboxylic acids is 1. The molecule has 2 N–H and O–H groups in total. The number of hydrogen-bond acceptors (Lipinski definition) is 6. The standard InChI is InChI=1S/C19H17NO2S.C18H14O3S/c1-20-18(21)15-12-19(15,17-10-5-11-23-17)22-16-9-4-7-13-6-2-3-8-14(13)16;19-17(20)14-11-18(14,16-9-4-10-22-16)21-15-8-3-6-12-5-1-2-7-13(12)15/h2-11,15H,12H2,1H3,(H,20,21);1-10,14H,11H2,(H,19,20)/t15-,19+;14-,18+/m11/s1. The van der Waals surface area contributed by atoms with Crippen molar-refractivity contribution < 1.29 is 24.2 Å². The number of carbonyl (C=O) groups is 2. The fourth-order valence-corrected chi connectivity index (χ4v) is 7.98. The molecule has 0 bridgehead atoms. The number of benzene rings is 4. The molecule has 1 amide bonds. The van der Waals surface area contributed by atoms with Crippen LogP contribution in [0.5, 0.6) is 11.5 Å². The van der Waals surface area contributed by atoms with Crippen molar-refractivity contribution in [3.05, 3.63) is 130 Å². The molecule has 0 unspecified atom stereocenters. The van der Waals surface area contributed by atoms with Gasteiger partial charge in [-0.15, -0.1) is 22.7 Å².